The molecule has 16 heavy (non-hydrogen) atoms. The molecule has 2 rings (SSSR count). The van der Waals surface area contributed by atoms with Crippen molar-refractivity contribution >= 4 is 5.91 Å². The van der Waals surface area contributed by atoms with E-state index in [4.69, 9.17) is 0 Å². The molecule has 0 aliphatic carbocycles. The first-order chi connectivity index (χ1) is 7.46. The van der Waals surface area contributed by atoms with E-state index >= 15 is 0 Å². The lowest BCUT2D eigenvalue weighted by atomic mass is 9.84. The zero-order valence-electron chi connectivity index (χ0n) is 10.3. The van der Waals surface area contributed by atoms with Crippen LogP contribution in [0, 0.1) is 5.41 Å². The quantitative estimate of drug-likeness (QED) is 0.769. The zero-order chi connectivity index (χ0) is 11.8. The van der Waals surface area contributed by atoms with Crippen molar-refractivity contribution < 1.29 is 4.79 Å². The normalized spacial score (nSPS) is 15.6. The third-order valence-corrected chi connectivity index (χ3v) is 2.90. The first kappa shape index (κ1) is 11.2. The van der Waals surface area contributed by atoms with Crippen LogP contribution in [-0.2, 0) is 24.2 Å². The van der Waals surface area contributed by atoms with Crippen molar-refractivity contribution in [3.8, 4) is 0 Å². The second-order valence-electron chi connectivity index (χ2n) is 5.75. The summed E-state index contributed by atoms with van der Waals surface area (Å²) in [6, 6.07) is 6.32. The van der Waals surface area contributed by atoms with Gasteiger partial charge in [-0.3, -0.25) is 4.79 Å². The van der Waals surface area contributed by atoms with E-state index in [1.54, 1.807) is 0 Å². The molecule has 1 amide bonds. The Morgan fingerprint density at radius 1 is 1.31 bits per heavy atom. The van der Waals surface area contributed by atoms with Crippen molar-refractivity contribution in [3.63, 3.8) is 0 Å². The summed E-state index contributed by atoms with van der Waals surface area (Å²) >= 11 is 0. The zero-order valence-corrected chi connectivity index (χ0v) is 10.3. The molecule has 2 heteroatoms. The van der Waals surface area contributed by atoms with Crippen molar-refractivity contribution in [2.75, 3.05) is 0 Å². The lowest BCUT2D eigenvalue weighted by Gasteiger charge is -2.24. The monoisotopic (exact) mass is 217 g/mol. The Hall–Kier alpha value is -1.31. The first-order valence-corrected chi connectivity index (χ1v) is 5.82. The highest BCUT2D eigenvalue weighted by atomic mass is 16.1. The summed E-state index contributed by atoms with van der Waals surface area (Å²) in [5, 5.41) is 2.93. The van der Waals surface area contributed by atoms with Crippen molar-refractivity contribution in [2.45, 2.75) is 40.2 Å². The van der Waals surface area contributed by atoms with Crippen LogP contribution >= 0.6 is 0 Å². The summed E-state index contributed by atoms with van der Waals surface area (Å²) in [6.07, 6.45) is 1.60. The Labute approximate surface area is 97.1 Å². The number of carbonyl (C=O) groups excluding carboxylic acids is 1. The maximum absolute atomic E-state index is 11.3. The Morgan fingerprint density at radius 3 is 2.75 bits per heavy atom. The molecule has 1 aromatic carbocycles. The van der Waals surface area contributed by atoms with Gasteiger partial charge in [-0.15, -0.1) is 0 Å². The summed E-state index contributed by atoms with van der Waals surface area (Å²) in [5.41, 5.74) is 4.20. The van der Waals surface area contributed by atoms with Crippen molar-refractivity contribution in [1.82, 2.24) is 5.32 Å². The van der Waals surface area contributed by atoms with Crippen LogP contribution in [0.25, 0.3) is 0 Å². The van der Waals surface area contributed by atoms with E-state index in [-0.39, 0.29) is 11.3 Å². The summed E-state index contributed by atoms with van der Waals surface area (Å²) in [5.74, 6) is 0.139. The predicted octanol–water partition coefficient (Wildman–Crippen LogP) is 2.45. The number of hydrogen-bond acceptors (Lipinski definition) is 1. The number of carbonyl (C=O) groups is 1. The molecular weight excluding hydrogens is 198 g/mol. The summed E-state index contributed by atoms with van der Waals surface area (Å²) < 4.78 is 0. The lowest BCUT2D eigenvalue weighted by Crippen LogP contribution is -2.31. The smallest absolute Gasteiger partial charge is 0.224 e. The van der Waals surface area contributed by atoms with Gasteiger partial charge in [-0.05, 0) is 28.5 Å². The number of amides is 1. The third-order valence-electron chi connectivity index (χ3n) is 2.90. The highest BCUT2D eigenvalue weighted by Gasteiger charge is 2.20. The molecule has 0 bridgehead atoms. The van der Waals surface area contributed by atoms with E-state index in [9.17, 15) is 4.79 Å². The molecule has 0 unspecified atom stereocenters. The molecule has 1 aliphatic rings. The van der Waals surface area contributed by atoms with Gasteiger partial charge in [0.05, 0.1) is 6.42 Å². The van der Waals surface area contributed by atoms with E-state index in [0.717, 1.165) is 6.42 Å². The fourth-order valence-electron chi connectivity index (χ4n) is 2.24. The molecule has 0 aromatic heterocycles. The van der Waals surface area contributed by atoms with Gasteiger partial charge in [0.2, 0.25) is 5.91 Å². The number of fused-ring (bicyclic) bond motifs is 1. The van der Waals surface area contributed by atoms with Crippen LogP contribution < -0.4 is 5.32 Å². The molecular formula is C14H19NO. The standard InChI is InChI=1S/C14H19NO/c1-14(2,3)8-11-6-4-5-10-7-13(16)15-9-12(10)11/h4-6H,7-9H2,1-3H3,(H,15,16). The van der Waals surface area contributed by atoms with Gasteiger partial charge < -0.3 is 5.32 Å². The number of hydrogen-bond donors (Lipinski definition) is 1. The van der Waals surface area contributed by atoms with Crippen LogP contribution in [0.15, 0.2) is 18.2 Å². The van der Waals surface area contributed by atoms with Crippen molar-refractivity contribution in [2.24, 2.45) is 5.41 Å². The van der Waals surface area contributed by atoms with Crippen molar-refractivity contribution in [3.05, 3.63) is 34.9 Å². The Balaban J connectivity index is 2.34. The van der Waals surface area contributed by atoms with Crippen LogP contribution in [0.1, 0.15) is 37.5 Å². The maximum atomic E-state index is 11.3. The van der Waals surface area contributed by atoms with E-state index in [1.807, 2.05) is 0 Å². The molecule has 1 N–H and O–H groups in total. The topological polar surface area (TPSA) is 29.1 Å². The molecule has 0 radical (unpaired) electrons. The predicted molar refractivity (Wildman–Crippen MR) is 65.2 cm³/mol. The Morgan fingerprint density at radius 2 is 2.06 bits per heavy atom. The van der Waals surface area contributed by atoms with E-state index in [0.29, 0.717) is 13.0 Å². The van der Waals surface area contributed by atoms with Crippen LogP contribution in [0.2, 0.25) is 0 Å². The van der Waals surface area contributed by atoms with Gasteiger partial charge in [0.1, 0.15) is 0 Å². The van der Waals surface area contributed by atoms with E-state index in [2.05, 4.69) is 44.3 Å². The highest BCUT2D eigenvalue weighted by Crippen LogP contribution is 2.26. The van der Waals surface area contributed by atoms with E-state index < -0.39 is 0 Å². The van der Waals surface area contributed by atoms with Crippen molar-refractivity contribution in [1.29, 1.82) is 0 Å². The fourth-order valence-corrected chi connectivity index (χ4v) is 2.24. The van der Waals surface area contributed by atoms with Gasteiger partial charge >= 0.3 is 0 Å². The minimum absolute atomic E-state index is 0.139. The molecule has 1 aliphatic heterocycles. The van der Waals surface area contributed by atoms with Gasteiger partial charge in [-0.2, -0.15) is 0 Å². The average Bonchev–Trinajstić information content (AvgIpc) is 2.15. The fraction of sp³-hybridized carbons (Fsp3) is 0.500. The SMILES string of the molecule is CC(C)(C)Cc1cccc2c1CNC(=O)C2. The first-order valence-electron chi connectivity index (χ1n) is 5.82. The lowest BCUT2D eigenvalue weighted by molar-refractivity contribution is -0.121. The largest absolute Gasteiger partial charge is 0.352 e. The second-order valence-corrected chi connectivity index (χ2v) is 5.75. The summed E-state index contributed by atoms with van der Waals surface area (Å²) in [6.45, 7) is 7.43. The molecule has 1 heterocycles. The Bertz CT molecular complexity index is 415. The minimum atomic E-state index is 0.139. The van der Waals surface area contributed by atoms with Gasteiger partial charge in [-0.1, -0.05) is 39.0 Å². The molecule has 0 saturated heterocycles. The molecule has 0 saturated carbocycles. The maximum Gasteiger partial charge on any atom is 0.224 e. The van der Waals surface area contributed by atoms with Crippen LogP contribution in [0.4, 0.5) is 0 Å². The van der Waals surface area contributed by atoms with Crippen LogP contribution in [0.3, 0.4) is 0 Å². The number of nitrogens with one attached hydrogen (secondary N) is 1. The highest BCUT2D eigenvalue weighted by molar-refractivity contribution is 5.80. The van der Waals surface area contributed by atoms with Gasteiger partial charge in [0, 0.05) is 6.54 Å². The Kier molecular flexibility index (Phi) is 2.75. The molecule has 2 nitrogen and oxygen atoms in total. The second kappa shape index (κ2) is 3.93. The van der Waals surface area contributed by atoms with Crippen LogP contribution in [-0.4, -0.2) is 5.91 Å². The third kappa shape index (κ3) is 2.43. The molecule has 1 aromatic rings. The number of rotatable bonds is 1. The molecule has 0 spiro atoms. The van der Waals surface area contributed by atoms with E-state index in [1.165, 1.54) is 16.7 Å². The summed E-state index contributed by atoms with van der Waals surface area (Å²) in [7, 11) is 0. The molecule has 0 atom stereocenters. The molecule has 0 fully saturated rings. The van der Waals surface area contributed by atoms with Gasteiger partial charge in [-0.25, -0.2) is 0 Å². The number of benzene rings is 1. The summed E-state index contributed by atoms with van der Waals surface area (Å²) in [4.78, 5) is 11.3. The van der Waals surface area contributed by atoms with Gasteiger partial charge in [0.15, 0.2) is 0 Å². The molecule has 86 valence electrons. The minimum Gasteiger partial charge on any atom is -0.352 e. The van der Waals surface area contributed by atoms with Gasteiger partial charge in [0.25, 0.3) is 0 Å². The average molecular weight is 217 g/mol. The van der Waals surface area contributed by atoms with Crippen LogP contribution in [0.5, 0.6) is 0 Å².